The van der Waals surface area contributed by atoms with E-state index < -0.39 is 0 Å². The molecule has 1 atom stereocenters. The first kappa shape index (κ1) is 16.0. The van der Waals surface area contributed by atoms with Crippen LogP contribution in [0.1, 0.15) is 44.1 Å². The van der Waals surface area contributed by atoms with Crippen molar-refractivity contribution < 1.29 is 0 Å². The fraction of sp³-hybridized carbons (Fsp3) is 0.500. The van der Waals surface area contributed by atoms with Crippen molar-refractivity contribution in [3.63, 3.8) is 0 Å². The molecule has 2 aromatic heterocycles. The molecule has 2 heterocycles. The molecule has 4 nitrogen and oxygen atoms in total. The number of rotatable bonds is 8. The third-order valence-corrected chi connectivity index (χ3v) is 3.67. The maximum Gasteiger partial charge on any atom is 0.0834 e. The smallest absolute Gasteiger partial charge is 0.0834 e. The van der Waals surface area contributed by atoms with Crippen molar-refractivity contribution in [2.45, 2.75) is 45.7 Å². The van der Waals surface area contributed by atoms with Crippen LogP contribution in [0.15, 0.2) is 30.6 Å². The first-order valence-electron chi connectivity index (χ1n) is 7.60. The monoisotopic (exact) mass is 306 g/mol. The largest absolute Gasteiger partial charge is 0.308 e. The molecule has 21 heavy (non-hydrogen) atoms. The molecule has 114 valence electrons. The predicted molar refractivity (Wildman–Crippen MR) is 86.5 cm³/mol. The number of halogens is 1. The van der Waals surface area contributed by atoms with Crippen LogP contribution in [0, 0.1) is 0 Å². The van der Waals surface area contributed by atoms with E-state index in [0.717, 1.165) is 48.8 Å². The van der Waals surface area contributed by atoms with Gasteiger partial charge in [-0.05, 0) is 31.5 Å². The number of nitrogens with zero attached hydrogens (tertiary/aromatic N) is 3. The van der Waals surface area contributed by atoms with Gasteiger partial charge in [0.05, 0.1) is 23.0 Å². The molecule has 0 aromatic carbocycles. The van der Waals surface area contributed by atoms with Crippen molar-refractivity contribution in [1.82, 2.24) is 20.1 Å². The van der Waals surface area contributed by atoms with E-state index in [1.165, 1.54) is 0 Å². The van der Waals surface area contributed by atoms with Crippen LogP contribution in [0.3, 0.4) is 0 Å². The summed E-state index contributed by atoms with van der Waals surface area (Å²) in [6.07, 6.45) is 6.51. The van der Waals surface area contributed by atoms with E-state index in [1.54, 1.807) is 6.20 Å². The molecule has 0 bridgehead atoms. The molecule has 0 saturated heterocycles. The molecule has 0 amide bonds. The first-order chi connectivity index (χ1) is 10.3. The highest BCUT2D eigenvalue weighted by atomic mass is 35.5. The zero-order valence-corrected chi connectivity index (χ0v) is 13.5. The minimum Gasteiger partial charge on any atom is -0.308 e. The van der Waals surface area contributed by atoms with Crippen molar-refractivity contribution in [2.75, 3.05) is 6.54 Å². The lowest BCUT2D eigenvalue weighted by Crippen LogP contribution is -2.27. The van der Waals surface area contributed by atoms with Crippen LogP contribution in [-0.2, 0) is 13.0 Å². The van der Waals surface area contributed by atoms with Crippen molar-refractivity contribution in [1.29, 1.82) is 0 Å². The van der Waals surface area contributed by atoms with E-state index in [0.29, 0.717) is 0 Å². The standard InChI is InChI=1S/C16H23ClN4/c1-3-8-19-15(11-13-7-5-6-9-18-13)16-14(17)12-20-21(16)10-4-2/h5-7,9,12,15,19H,3-4,8,10-11H2,1-2H3. The fourth-order valence-electron chi connectivity index (χ4n) is 2.42. The molecule has 0 aliphatic rings. The van der Waals surface area contributed by atoms with Gasteiger partial charge in [-0.25, -0.2) is 0 Å². The Morgan fingerprint density at radius 1 is 1.29 bits per heavy atom. The van der Waals surface area contributed by atoms with Gasteiger partial charge in [-0.15, -0.1) is 0 Å². The van der Waals surface area contributed by atoms with Gasteiger partial charge >= 0.3 is 0 Å². The highest BCUT2D eigenvalue weighted by molar-refractivity contribution is 6.31. The Bertz CT molecular complexity index is 538. The Hall–Kier alpha value is -1.39. The molecule has 0 radical (unpaired) electrons. The molecule has 0 spiro atoms. The molecule has 2 rings (SSSR count). The molecule has 0 fully saturated rings. The zero-order valence-electron chi connectivity index (χ0n) is 12.7. The molecule has 0 saturated carbocycles. The average molecular weight is 307 g/mol. The lowest BCUT2D eigenvalue weighted by Gasteiger charge is -2.20. The van der Waals surface area contributed by atoms with Crippen LogP contribution < -0.4 is 5.32 Å². The third kappa shape index (κ3) is 4.29. The van der Waals surface area contributed by atoms with Crippen LogP contribution in [0.25, 0.3) is 0 Å². The molecule has 0 aliphatic carbocycles. The Morgan fingerprint density at radius 3 is 2.81 bits per heavy atom. The second-order valence-electron chi connectivity index (χ2n) is 5.13. The van der Waals surface area contributed by atoms with Crippen molar-refractivity contribution in [2.24, 2.45) is 0 Å². The summed E-state index contributed by atoms with van der Waals surface area (Å²) in [5, 5.41) is 8.70. The zero-order chi connectivity index (χ0) is 15.1. The number of aromatic nitrogens is 3. The first-order valence-corrected chi connectivity index (χ1v) is 7.98. The molecule has 5 heteroatoms. The molecule has 2 aromatic rings. The SMILES string of the molecule is CCCNC(Cc1ccccn1)c1c(Cl)cnn1CCC. The van der Waals surface area contributed by atoms with Gasteiger partial charge in [0.2, 0.25) is 0 Å². The second kappa shape index (κ2) is 8.15. The number of hydrogen-bond acceptors (Lipinski definition) is 3. The summed E-state index contributed by atoms with van der Waals surface area (Å²) < 4.78 is 2.01. The molecular weight excluding hydrogens is 284 g/mol. The number of pyridine rings is 1. The summed E-state index contributed by atoms with van der Waals surface area (Å²) in [5.74, 6) is 0. The van der Waals surface area contributed by atoms with Crippen LogP contribution in [0.5, 0.6) is 0 Å². The summed E-state index contributed by atoms with van der Waals surface area (Å²) >= 11 is 6.38. The van der Waals surface area contributed by atoms with Gasteiger partial charge < -0.3 is 5.32 Å². The van der Waals surface area contributed by atoms with E-state index >= 15 is 0 Å². The molecule has 0 aliphatic heterocycles. The van der Waals surface area contributed by atoms with Crippen LogP contribution in [0.4, 0.5) is 0 Å². The van der Waals surface area contributed by atoms with Gasteiger partial charge in [-0.2, -0.15) is 5.10 Å². The summed E-state index contributed by atoms with van der Waals surface area (Å²) in [4.78, 5) is 4.43. The minimum absolute atomic E-state index is 0.140. The number of nitrogens with one attached hydrogen (secondary N) is 1. The Balaban J connectivity index is 2.25. The minimum atomic E-state index is 0.140. The van der Waals surface area contributed by atoms with Gasteiger partial charge in [0.1, 0.15) is 0 Å². The summed E-state index contributed by atoms with van der Waals surface area (Å²) in [6.45, 7) is 6.14. The fourth-order valence-corrected chi connectivity index (χ4v) is 2.69. The van der Waals surface area contributed by atoms with Crippen molar-refractivity contribution >= 4 is 11.6 Å². The van der Waals surface area contributed by atoms with Crippen molar-refractivity contribution in [3.8, 4) is 0 Å². The van der Waals surface area contributed by atoms with E-state index in [1.807, 2.05) is 23.0 Å². The van der Waals surface area contributed by atoms with E-state index in [2.05, 4.69) is 35.3 Å². The highest BCUT2D eigenvalue weighted by Crippen LogP contribution is 2.25. The summed E-state index contributed by atoms with van der Waals surface area (Å²) in [5.41, 5.74) is 2.13. The lowest BCUT2D eigenvalue weighted by molar-refractivity contribution is 0.465. The molecule has 1 N–H and O–H groups in total. The van der Waals surface area contributed by atoms with Gasteiger partial charge in [-0.1, -0.05) is 31.5 Å². The van der Waals surface area contributed by atoms with E-state index in [9.17, 15) is 0 Å². The molecular formula is C16H23ClN4. The maximum absolute atomic E-state index is 6.38. The normalized spacial score (nSPS) is 12.5. The lowest BCUT2D eigenvalue weighted by atomic mass is 10.1. The Kier molecular flexibility index (Phi) is 6.21. The second-order valence-corrected chi connectivity index (χ2v) is 5.54. The highest BCUT2D eigenvalue weighted by Gasteiger charge is 2.20. The van der Waals surface area contributed by atoms with Gasteiger partial charge in [-0.3, -0.25) is 9.67 Å². The number of aryl methyl sites for hydroxylation is 1. The summed E-state index contributed by atoms with van der Waals surface area (Å²) in [6, 6.07) is 6.15. The van der Waals surface area contributed by atoms with E-state index in [4.69, 9.17) is 11.6 Å². The maximum atomic E-state index is 6.38. The Morgan fingerprint density at radius 2 is 2.14 bits per heavy atom. The predicted octanol–water partition coefficient (Wildman–Crippen LogP) is 3.62. The quantitative estimate of drug-likeness (QED) is 0.810. The van der Waals surface area contributed by atoms with Crippen LogP contribution >= 0.6 is 11.6 Å². The third-order valence-electron chi connectivity index (χ3n) is 3.38. The van der Waals surface area contributed by atoms with Crippen molar-refractivity contribution in [3.05, 3.63) is 47.0 Å². The van der Waals surface area contributed by atoms with E-state index in [-0.39, 0.29) is 6.04 Å². The Labute approximate surface area is 131 Å². The summed E-state index contributed by atoms with van der Waals surface area (Å²) in [7, 11) is 0. The average Bonchev–Trinajstić information content (AvgIpc) is 2.86. The van der Waals surface area contributed by atoms with Crippen LogP contribution in [-0.4, -0.2) is 21.3 Å². The van der Waals surface area contributed by atoms with Crippen LogP contribution in [0.2, 0.25) is 5.02 Å². The van der Waals surface area contributed by atoms with Gasteiger partial charge in [0, 0.05) is 24.9 Å². The molecule has 1 unspecified atom stereocenters. The topological polar surface area (TPSA) is 42.7 Å². The van der Waals surface area contributed by atoms with Gasteiger partial charge in [0.25, 0.3) is 0 Å². The number of hydrogen-bond donors (Lipinski definition) is 1. The van der Waals surface area contributed by atoms with Gasteiger partial charge in [0.15, 0.2) is 0 Å².